The van der Waals surface area contributed by atoms with Gasteiger partial charge in [-0.05, 0) is 50.3 Å². The summed E-state index contributed by atoms with van der Waals surface area (Å²) >= 11 is 0. The molecule has 0 bridgehead atoms. The first-order chi connectivity index (χ1) is 9.24. The molecule has 1 saturated heterocycles. The first kappa shape index (κ1) is 14.6. The van der Waals surface area contributed by atoms with Crippen LogP contribution in [0, 0.1) is 5.92 Å². The Morgan fingerprint density at radius 1 is 1.42 bits per heavy atom. The second-order valence-electron chi connectivity index (χ2n) is 5.99. The quantitative estimate of drug-likeness (QED) is 0.716. The Labute approximate surface area is 116 Å². The summed E-state index contributed by atoms with van der Waals surface area (Å²) in [6.07, 6.45) is 7.15. The van der Waals surface area contributed by atoms with E-state index in [0.717, 1.165) is 37.9 Å². The van der Waals surface area contributed by atoms with E-state index >= 15 is 0 Å². The molecule has 3 heteroatoms. The highest BCUT2D eigenvalue weighted by Gasteiger charge is 2.19. The smallest absolute Gasteiger partial charge is 0.117 e. The van der Waals surface area contributed by atoms with Crippen LogP contribution in [0.25, 0.3) is 0 Å². The molecule has 2 heterocycles. The van der Waals surface area contributed by atoms with Gasteiger partial charge in [0.25, 0.3) is 0 Å². The van der Waals surface area contributed by atoms with Crippen molar-refractivity contribution in [2.75, 3.05) is 19.7 Å². The summed E-state index contributed by atoms with van der Waals surface area (Å²) in [5, 5.41) is 0. The summed E-state index contributed by atoms with van der Waals surface area (Å²) in [5.41, 5.74) is 0. The van der Waals surface area contributed by atoms with E-state index in [9.17, 15) is 0 Å². The van der Waals surface area contributed by atoms with Crippen molar-refractivity contribution in [2.45, 2.75) is 52.2 Å². The van der Waals surface area contributed by atoms with Gasteiger partial charge in [0, 0.05) is 13.2 Å². The summed E-state index contributed by atoms with van der Waals surface area (Å²) < 4.78 is 11.2. The van der Waals surface area contributed by atoms with Crippen molar-refractivity contribution in [1.29, 1.82) is 0 Å². The van der Waals surface area contributed by atoms with Gasteiger partial charge in [0.1, 0.15) is 5.76 Å². The molecule has 0 amide bonds. The standard InChI is InChI=1S/C16H27NO2/c1-14(2)6-3-9-17(12-15-7-4-10-18-15)13-16-8-5-11-19-16/h4,7,10,14,16H,3,5-6,8-9,11-13H2,1-2H3. The Morgan fingerprint density at radius 3 is 2.95 bits per heavy atom. The molecule has 3 nitrogen and oxygen atoms in total. The molecule has 1 aliphatic heterocycles. The minimum atomic E-state index is 0.425. The van der Waals surface area contributed by atoms with E-state index in [1.165, 1.54) is 25.7 Å². The first-order valence-electron chi connectivity index (χ1n) is 7.60. The van der Waals surface area contributed by atoms with E-state index in [4.69, 9.17) is 9.15 Å². The molecule has 1 aromatic heterocycles. The summed E-state index contributed by atoms with van der Waals surface area (Å²) in [6.45, 7) is 8.60. The minimum absolute atomic E-state index is 0.425. The summed E-state index contributed by atoms with van der Waals surface area (Å²) in [5.74, 6) is 1.84. The molecular weight excluding hydrogens is 238 g/mol. The van der Waals surface area contributed by atoms with Crippen LogP contribution in [0.5, 0.6) is 0 Å². The molecule has 0 saturated carbocycles. The Balaban J connectivity index is 1.80. The van der Waals surface area contributed by atoms with Gasteiger partial charge in [0.15, 0.2) is 0 Å². The highest BCUT2D eigenvalue weighted by Crippen LogP contribution is 2.16. The van der Waals surface area contributed by atoms with Gasteiger partial charge < -0.3 is 9.15 Å². The predicted molar refractivity (Wildman–Crippen MR) is 77.0 cm³/mol. The average molecular weight is 265 g/mol. The zero-order chi connectivity index (χ0) is 13.5. The lowest BCUT2D eigenvalue weighted by atomic mass is 10.1. The molecule has 1 aromatic rings. The second kappa shape index (κ2) is 7.71. The third kappa shape index (κ3) is 5.37. The number of hydrogen-bond donors (Lipinski definition) is 0. The number of furan rings is 1. The molecule has 0 aromatic carbocycles. The largest absolute Gasteiger partial charge is 0.468 e. The summed E-state index contributed by atoms with van der Waals surface area (Å²) in [6, 6.07) is 4.03. The maximum atomic E-state index is 5.76. The highest BCUT2D eigenvalue weighted by molar-refractivity contribution is 4.98. The van der Waals surface area contributed by atoms with Gasteiger partial charge in [-0.3, -0.25) is 4.90 Å². The van der Waals surface area contributed by atoms with Gasteiger partial charge in [-0.2, -0.15) is 0 Å². The van der Waals surface area contributed by atoms with Crippen molar-refractivity contribution in [2.24, 2.45) is 5.92 Å². The van der Waals surface area contributed by atoms with Crippen LogP contribution in [0.15, 0.2) is 22.8 Å². The van der Waals surface area contributed by atoms with Crippen LogP contribution in [0.1, 0.15) is 45.3 Å². The van der Waals surface area contributed by atoms with Gasteiger partial charge in [0.2, 0.25) is 0 Å². The van der Waals surface area contributed by atoms with Gasteiger partial charge >= 0.3 is 0 Å². The van der Waals surface area contributed by atoms with Crippen LogP contribution in [0.4, 0.5) is 0 Å². The summed E-state index contributed by atoms with van der Waals surface area (Å²) in [7, 11) is 0. The molecule has 0 radical (unpaired) electrons. The Hall–Kier alpha value is -0.800. The van der Waals surface area contributed by atoms with Gasteiger partial charge in [-0.1, -0.05) is 13.8 Å². The normalized spacial score (nSPS) is 19.7. The van der Waals surface area contributed by atoms with E-state index < -0.39 is 0 Å². The SMILES string of the molecule is CC(C)CCCN(Cc1ccco1)CC1CCCO1. The van der Waals surface area contributed by atoms with E-state index in [-0.39, 0.29) is 0 Å². The lowest BCUT2D eigenvalue weighted by Gasteiger charge is -2.24. The fourth-order valence-corrected chi connectivity index (χ4v) is 2.66. The van der Waals surface area contributed by atoms with Crippen molar-refractivity contribution >= 4 is 0 Å². The first-order valence-corrected chi connectivity index (χ1v) is 7.60. The Morgan fingerprint density at radius 2 is 2.32 bits per heavy atom. The third-order valence-electron chi connectivity index (χ3n) is 3.70. The molecule has 0 aliphatic carbocycles. The lowest BCUT2D eigenvalue weighted by molar-refractivity contribution is 0.0673. The third-order valence-corrected chi connectivity index (χ3v) is 3.70. The van der Waals surface area contributed by atoms with E-state index in [1.54, 1.807) is 6.26 Å². The van der Waals surface area contributed by atoms with Crippen LogP contribution in [-0.2, 0) is 11.3 Å². The minimum Gasteiger partial charge on any atom is -0.468 e. The van der Waals surface area contributed by atoms with Crippen molar-refractivity contribution in [1.82, 2.24) is 4.90 Å². The number of ether oxygens (including phenoxy) is 1. The van der Waals surface area contributed by atoms with Crippen LogP contribution in [0.2, 0.25) is 0 Å². The van der Waals surface area contributed by atoms with Gasteiger partial charge in [-0.15, -0.1) is 0 Å². The maximum absolute atomic E-state index is 5.76. The van der Waals surface area contributed by atoms with Gasteiger partial charge in [0.05, 0.1) is 18.9 Å². The molecule has 19 heavy (non-hydrogen) atoms. The van der Waals surface area contributed by atoms with Crippen LogP contribution in [0.3, 0.4) is 0 Å². The zero-order valence-corrected chi connectivity index (χ0v) is 12.3. The molecule has 0 N–H and O–H groups in total. The Kier molecular flexibility index (Phi) is 5.93. The van der Waals surface area contributed by atoms with Gasteiger partial charge in [-0.25, -0.2) is 0 Å². The lowest BCUT2D eigenvalue weighted by Crippen LogP contribution is -2.32. The fourth-order valence-electron chi connectivity index (χ4n) is 2.66. The number of hydrogen-bond acceptors (Lipinski definition) is 3. The molecule has 1 atom stereocenters. The monoisotopic (exact) mass is 265 g/mol. The summed E-state index contributed by atoms with van der Waals surface area (Å²) in [4.78, 5) is 2.48. The van der Waals surface area contributed by atoms with Crippen LogP contribution < -0.4 is 0 Å². The van der Waals surface area contributed by atoms with E-state index in [0.29, 0.717) is 6.10 Å². The number of nitrogens with zero attached hydrogens (tertiary/aromatic N) is 1. The molecule has 2 rings (SSSR count). The Bertz CT molecular complexity index is 329. The van der Waals surface area contributed by atoms with E-state index in [1.807, 2.05) is 6.07 Å². The fraction of sp³-hybridized carbons (Fsp3) is 0.750. The average Bonchev–Trinajstić information content (AvgIpc) is 3.01. The van der Waals surface area contributed by atoms with Crippen molar-refractivity contribution in [3.05, 3.63) is 24.2 Å². The van der Waals surface area contributed by atoms with Crippen molar-refractivity contribution < 1.29 is 9.15 Å². The second-order valence-corrected chi connectivity index (χ2v) is 5.99. The molecule has 1 unspecified atom stereocenters. The maximum Gasteiger partial charge on any atom is 0.117 e. The molecule has 0 spiro atoms. The molecular formula is C16H27NO2. The molecule has 108 valence electrons. The van der Waals surface area contributed by atoms with E-state index in [2.05, 4.69) is 24.8 Å². The molecule has 1 aliphatic rings. The molecule has 1 fully saturated rings. The van der Waals surface area contributed by atoms with Crippen molar-refractivity contribution in [3.8, 4) is 0 Å². The van der Waals surface area contributed by atoms with Crippen LogP contribution in [-0.4, -0.2) is 30.7 Å². The van der Waals surface area contributed by atoms with Crippen molar-refractivity contribution in [3.63, 3.8) is 0 Å². The predicted octanol–water partition coefficient (Wildman–Crippen LogP) is 3.70. The topological polar surface area (TPSA) is 25.6 Å². The zero-order valence-electron chi connectivity index (χ0n) is 12.3. The van der Waals surface area contributed by atoms with Crippen LogP contribution >= 0.6 is 0 Å². The highest BCUT2D eigenvalue weighted by atomic mass is 16.5. The number of rotatable bonds is 8.